The first-order valence-corrected chi connectivity index (χ1v) is 6.79. The number of benzene rings is 1. The summed E-state index contributed by atoms with van der Waals surface area (Å²) in [6, 6.07) is 3.65. The molecule has 0 unspecified atom stereocenters. The molecule has 20 heavy (non-hydrogen) atoms. The van der Waals surface area contributed by atoms with Gasteiger partial charge in [-0.3, -0.25) is 4.79 Å². The van der Waals surface area contributed by atoms with Gasteiger partial charge < -0.3 is 15.3 Å². The number of carboxylic acids is 1. The Balaban J connectivity index is 2.63. The molecular formula is C13H16BrFN2O3. The zero-order chi connectivity index (χ0) is 15.3. The summed E-state index contributed by atoms with van der Waals surface area (Å²) in [5.41, 5.74) is 0.369. The van der Waals surface area contributed by atoms with Crippen LogP contribution in [0.5, 0.6) is 0 Å². The van der Waals surface area contributed by atoms with E-state index in [1.807, 2.05) is 0 Å². The Bertz CT molecular complexity index is 510. The number of carbonyl (C=O) groups is 2. The zero-order valence-electron chi connectivity index (χ0n) is 11.2. The summed E-state index contributed by atoms with van der Waals surface area (Å²) in [6.07, 6.45) is -0.134. The average Bonchev–Trinajstić information content (AvgIpc) is 2.35. The van der Waals surface area contributed by atoms with E-state index in [9.17, 15) is 14.0 Å². The van der Waals surface area contributed by atoms with E-state index in [2.05, 4.69) is 21.2 Å². The molecule has 0 bridgehead atoms. The fourth-order valence-electron chi connectivity index (χ4n) is 1.59. The maximum Gasteiger partial charge on any atom is 0.317 e. The van der Waals surface area contributed by atoms with Gasteiger partial charge in [0.2, 0.25) is 0 Å². The first-order chi connectivity index (χ1) is 9.31. The van der Waals surface area contributed by atoms with Crippen molar-refractivity contribution in [3.63, 3.8) is 0 Å². The molecule has 0 aliphatic rings. The van der Waals surface area contributed by atoms with Crippen molar-refractivity contribution in [2.45, 2.75) is 19.4 Å². The van der Waals surface area contributed by atoms with E-state index in [-0.39, 0.29) is 13.0 Å². The van der Waals surface area contributed by atoms with Crippen molar-refractivity contribution in [1.29, 1.82) is 0 Å². The van der Waals surface area contributed by atoms with Gasteiger partial charge in [0.1, 0.15) is 5.82 Å². The van der Waals surface area contributed by atoms with Crippen LogP contribution in [0.15, 0.2) is 22.7 Å². The van der Waals surface area contributed by atoms with Crippen molar-refractivity contribution in [2.75, 3.05) is 13.6 Å². The van der Waals surface area contributed by atoms with Crippen LogP contribution in [-0.4, -0.2) is 35.6 Å². The minimum Gasteiger partial charge on any atom is -0.481 e. The van der Waals surface area contributed by atoms with Crippen molar-refractivity contribution < 1.29 is 19.1 Å². The molecule has 0 spiro atoms. The molecule has 0 saturated carbocycles. The molecule has 0 saturated heterocycles. The number of rotatable bonds is 5. The van der Waals surface area contributed by atoms with Crippen LogP contribution in [0.4, 0.5) is 9.18 Å². The number of halogens is 2. The zero-order valence-corrected chi connectivity index (χ0v) is 12.8. The number of urea groups is 1. The molecule has 1 atom stereocenters. The second-order valence-electron chi connectivity index (χ2n) is 4.40. The molecule has 0 aliphatic heterocycles. The molecule has 0 aliphatic carbocycles. The summed E-state index contributed by atoms with van der Waals surface area (Å²) in [4.78, 5) is 23.5. The van der Waals surface area contributed by atoms with Crippen molar-refractivity contribution in [1.82, 2.24) is 10.2 Å². The Kier molecular flexibility index (Phi) is 5.94. The van der Waals surface area contributed by atoms with Crippen LogP contribution in [0.25, 0.3) is 0 Å². The molecule has 110 valence electrons. The highest BCUT2D eigenvalue weighted by molar-refractivity contribution is 9.10. The van der Waals surface area contributed by atoms with Gasteiger partial charge >= 0.3 is 12.0 Å². The van der Waals surface area contributed by atoms with E-state index < -0.39 is 23.9 Å². The van der Waals surface area contributed by atoms with Crippen LogP contribution >= 0.6 is 15.9 Å². The van der Waals surface area contributed by atoms with E-state index in [4.69, 9.17) is 5.11 Å². The van der Waals surface area contributed by atoms with E-state index in [1.54, 1.807) is 19.1 Å². The van der Waals surface area contributed by atoms with E-state index >= 15 is 0 Å². The van der Waals surface area contributed by atoms with Gasteiger partial charge in [0, 0.05) is 23.6 Å². The SMILES string of the molecule is C[C@H](NC(=O)N(C)CCC(=O)O)c1ccc(Br)cc1F. The maximum atomic E-state index is 13.7. The summed E-state index contributed by atoms with van der Waals surface area (Å²) in [6.45, 7) is 1.76. The Labute approximate surface area is 124 Å². The lowest BCUT2D eigenvalue weighted by Crippen LogP contribution is -2.39. The molecule has 1 aromatic carbocycles. The van der Waals surface area contributed by atoms with E-state index in [0.717, 1.165) is 0 Å². The summed E-state index contributed by atoms with van der Waals surface area (Å²) >= 11 is 3.16. The number of carboxylic acid groups (broad SMARTS) is 1. The largest absolute Gasteiger partial charge is 0.481 e. The molecule has 7 heteroatoms. The molecule has 0 aromatic heterocycles. The molecule has 1 rings (SSSR count). The fraction of sp³-hybridized carbons (Fsp3) is 0.385. The van der Waals surface area contributed by atoms with Crippen LogP contribution in [-0.2, 0) is 4.79 Å². The third-order valence-electron chi connectivity index (χ3n) is 2.78. The number of hydrogen-bond donors (Lipinski definition) is 2. The molecule has 1 aromatic rings. The quantitative estimate of drug-likeness (QED) is 0.861. The lowest BCUT2D eigenvalue weighted by atomic mass is 10.1. The van der Waals surface area contributed by atoms with Crippen LogP contribution < -0.4 is 5.32 Å². The van der Waals surface area contributed by atoms with Gasteiger partial charge in [-0.25, -0.2) is 9.18 Å². The van der Waals surface area contributed by atoms with Crippen LogP contribution in [0.1, 0.15) is 24.9 Å². The summed E-state index contributed by atoms with van der Waals surface area (Å²) in [7, 11) is 1.49. The van der Waals surface area contributed by atoms with E-state index in [0.29, 0.717) is 10.0 Å². The topological polar surface area (TPSA) is 69.6 Å². The number of hydrogen-bond acceptors (Lipinski definition) is 2. The summed E-state index contributed by atoms with van der Waals surface area (Å²) in [5.74, 6) is -1.39. The second kappa shape index (κ2) is 7.23. The van der Waals surface area contributed by atoms with Gasteiger partial charge in [-0.15, -0.1) is 0 Å². The van der Waals surface area contributed by atoms with Gasteiger partial charge in [0.15, 0.2) is 0 Å². The third kappa shape index (κ3) is 4.80. The number of nitrogens with one attached hydrogen (secondary N) is 1. The lowest BCUT2D eigenvalue weighted by Gasteiger charge is -2.21. The maximum absolute atomic E-state index is 13.7. The minimum atomic E-state index is -0.975. The van der Waals surface area contributed by atoms with Gasteiger partial charge in [0.25, 0.3) is 0 Å². The number of aliphatic carboxylic acids is 1. The Morgan fingerprint density at radius 2 is 2.15 bits per heavy atom. The highest BCUT2D eigenvalue weighted by Gasteiger charge is 2.16. The van der Waals surface area contributed by atoms with E-state index in [1.165, 1.54) is 18.0 Å². The highest BCUT2D eigenvalue weighted by atomic mass is 79.9. The second-order valence-corrected chi connectivity index (χ2v) is 5.32. The molecule has 5 nitrogen and oxygen atoms in total. The molecule has 2 amide bonds. The standard InChI is InChI=1S/C13H16BrFN2O3/c1-8(10-4-3-9(14)7-11(10)15)16-13(20)17(2)6-5-12(18)19/h3-4,7-8H,5-6H2,1-2H3,(H,16,20)(H,18,19)/t8-/m0/s1. The molecule has 0 heterocycles. The molecule has 0 fully saturated rings. The van der Waals surface area contributed by atoms with Gasteiger partial charge in [-0.1, -0.05) is 22.0 Å². The van der Waals surface area contributed by atoms with Crippen LogP contribution in [0, 0.1) is 5.82 Å². The lowest BCUT2D eigenvalue weighted by molar-refractivity contribution is -0.137. The highest BCUT2D eigenvalue weighted by Crippen LogP contribution is 2.20. The number of amides is 2. The summed E-state index contributed by atoms with van der Waals surface area (Å²) < 4.78 is 14.4. The molecule has 0 radical (unpaired) electrons. The molecular weight excluding hydrogens is 331 g/mol. The number of nitrogens with zero attached hydrogens (tertiary/aromatic N) is 1. The fourth-order valence-corrected chi connectivity index (χ4v) is 1.92. The Hall–Kier alpha value is -1.63. The van der Waals surface area contributed by atoms with Crippen molar-refractivity contribution >= 4 is 27.9 Å². The minimum absolute atomic E-state index is 0.0940. The first kappa shape index (κ1) is 16.4. The normalized spacial score (nSPS) is 11.8. The van der Waals surface area contributed by atoms with Crippen LogP contribution in [0.2, 0.25) is 0 Å². The monoisotopic (exact) mass is 346 g/mol. The predicted octanol–water partition coefficient (Wildman–Crippen LogP) is 2.77. The predicted molar refractivity (Wildman–Crippen MR) is 75.9 cm³/mol. The van der Waals surface area contributed by atoms with Gasteiger partial charge in [-0.2, -0.15) is 0 Å². The Morgan fingerprint density at radius 3 is 2.70 bits per heavy atom. The van der Waals surface area contributed by atoms with Gasteiger partial charge in [0.05, 0.1) is 12.5 Å². The van der Waals surface area contributed by atoms with Crippen molar-refractivity contribution in [3.8, 4) is 0 Å². The molecule has 2 N–H and O–H groups in total. The first-order valence-electron chi connectivity index (χ1n) is 5.99. The van der Waals surface area contributed by atoms with Gasteiger partial charge in [-0.05, 0) is 19.1 Å². The van der Waals surface area contributed by atoms with Crippen molar-refractivity contribution in [2.24, 2.45) is 0 Å². The number of carbonyl (C=O) groups excluding carboxylic acids is 1. The smallest absolute Gasteiger partial charge is 0.317 e. The third-order valence-corrected chi connectivity index (χ3v) is 3.27. The van der Waals surface area contributed by atoms with Crippen molar-refractivity contribution in [3.05, 3.63) is 34.1 Å². The van der Waals surface area contributed by atoms with Crippen LogP contribution in [0.3, 0.4) is 0 Å². The average molecular weight is 347 g/mol. The summed E-state index contributed by atoms with van der Waals surface area (Å²) in [5, 5.41) is 11.2. The Morgan fingerprint density at radius 1 is 1.50 bits per heavy atom.